The van der Waals surface area contributed by atoms with Crippen LogP contribution in [0.15, 0.2) is 24.3 Å². The average molecular weight is 332 g/mol. The van der Waals surface area contributed by atoms with Crippen molar-refractivity contribution in [1.29, 1.82) is 0 Å². The van der Waals surface area contributed by atoms with Gasteiger partial charge in [0.1, 0.15) is 0 Å². The molecule has 1 aliphatic heterocycles. The predicted octanol–water partition coefficient (Wildman–Crippen LogP) is 2.13. The molecule has 1 aromatic carbocycles. The Balaban J connectivity index is 2.01. The fourth-order valence-corrected chi connectivity index (χ4v) is 3.13. The number of hydrogen-bond acceptors (Lipinski definition) is 3. The minimum absolute atomic E-state index is 0.0403. The molecule has 1 saturated heterocycles. The second kappa shape index (κ2) is 7.79. The SMILES string of the molecule is CCN(CC(O)c1ccc(C)cc1)C(=O)C1CC(=O)N(C(C)C)C1. The Hall–Kier alpha value is -1.88. The Morgan fingerprint density at radius 1 is 1.33 bits per heavy atom. The number of aryl methyl sites for hydroxylation is 1. The second-order valence-electron chi connectivity index (χ2n) is 6.84. The van der Waals surface area contributed by atoms with Gasteiger partial charge in [0, 0.05) is 25.6 Å². The first-order valence-electron chi connectivity index (χ1n) is 8.66. The van der Waals surface area contributed by atoms with E-state index >= 15 is 0 Å². The fraction of sp³-hybridized carbons (Fsp3) is 0.579. The van der Waals surface area contributed by atoms with Crippen LogP contribution in [0.5, 0.6) is 0 Å². The van der Waals surface area contributed by atoms with Gasteiger partial charge in [-0.2, -0.15) is 0 Å². The highest BCUT2D eigenvalue weighted by Crippen LogP contribution is 2.23. The average Bonchev–Trinajstić information content (AvgIpc) is 2.94. The molecular weight excluding hydrogens is 304 g/mol. The van der Waals surface area contributed by atoms with Gasteiger partial charge in [-0.1, -0.05) is 29.8 Å². The Kier molecular flexibility index (Phi) is 5.99. The van der Waals surface area contributed by atoms with E-state index in [9.17, 15) is 14.7 Å². The minimum atomic E-state index is -0.715. The number of carbonyl (C=O) groups is 2. The number of rotatable bonds is 6. The predicted molar refractivity (Wildman–Crippen MR) is 93.3 cm³/mol. The summed E-state index contributed by atoms with van der Waals surface area (Å²) in [6.07, 6.45) is -0.443. The lowest BCUT2D eigenvalue weighted by molar-refractivity contribution is -0.137. The number of carbonyl (C=O) groups excluding carboxylic acids is 2. The first-order valence-corrected chi connectivity index (χ1v) is 8.66. The Labute approximate surface area is 144 Å². The second-order valence-corrected chi connectivity index (χ2v) is 6.84. The minimum Gasteiger partial charge on any atom is -0.387 e. The topological polar surface area (TPSA) is 60.9 Å². The quantitative estimate of drug-likeness (QED) is 0.868. The Morgan fingerprint density at radius 3 is 2.46 bits per heavy atom. The standard InChI is InChI=1S/C19H28N2O3/c1-5-20(12-17(22)15-8-6-14(4)7-9-15)19(24)16-10-18(23)21(11-16)13(2)3/h6-9,13,16-17,22H,5,10-12H2,1-4H3. The number of likely N-dealkylation sites (tertiary alicyclic amines) is 1. The van der Waals surface area contributed by atoms with Crippen molar-refractivity contribution < 1.29 is 14.7 Å². The summed E-state index contributed by atoms with van der Waals surface area (Å²) in [6.45, 7) is 9.07. The summed E-state index contributed by atoms with van der Waals surface area (Å²) >= 11 is 0. The first kappa shape index (κ1) is 18.5. The number of nitrogens with zero attached hydrogens (tertiary/aromatic N) is 2. The largest absolute Gasteiger partial charge is 0.387 e. The summed E-state index contributed by atoms with van der Waals surface area (Å²) < 4.78 is 0. The molecule has 24 heavy (non-hydrogen) atoms. The van der Waals surface area contributed by atoms with Gasteiger partial charge in [-0.3, -0.25) is 9.59 Å². The van der Waals surface area contributed by atoms with E-state index < -0.39 is 6.10 Å². The van der Waals surface area contributed by atoms with E-state index in [0.29, 0.717) is 13.1 Å². The van der Waals surface area contributed by atoms with E-state index in [0.717, 1.165) is 11.1 Å². The van der Waals surface area contributed by atoms with Crippen LogP contribution in [0.3, 0.4) is 0 Å². The van der Waals surface area contributed by atoms with Gasteiger partial charge in [-0.05, 0) is 33.3 Å². The molecule has 2 atom stereocenters. The summed E-state index contributed by atoms with van der Waals surface area (Å²) in [7, 11) is 0. The number of benzene rings is 1. The Bertz CT molecular complexity index is 583. The summed E-state index contributed by atoms with van der Waals surface area (Å²) in [6, 6.07) is 7.79. The molecule has 0 aliphatic carbocycles. The molecule has 0 saturated carbocycles. The van der Waals surface area contributed by atoms with Gasteiger partial charge in [0.25, 0.3) is 0 Å². The number of aliphatic hydroxyl groups is 1. The lowest BCUT2D eigenvalue weighted by Gasteiger charge is -2.27. The maximum Gasteiger partial charge on any atom is 0.228 e. The number of likely N-dealkylation sites (N-methyl/N-ethyl adjacent to an activating group) is 1. The fourth-order valence-electron chi connectivity index (χ4n) is 3.13. The highest BCUT2D eigenvalue weighted by Gasteiger charge is 2.37. The third kappa shape index (κ3) is 4.15. The van der Waals surface area contributed by atoms with E-state index in [4.69, 9.17) is 0 Å². The van der Waals surface area contributed by atoms with Crippen LogP contribution in [0, 0.1) is 12.8 Å². The zero-order valence-corrected chi connectivity index (χ0v) is 15.0. The van der Waals surface area contributed by atoms with Gasteiger partial charge in [0.15, 0.2) is 0 Å². The highest BCUT2D eigenvalue weighted by atomic mass is 16.3. The third-order valence-electron chi connectivity index (χ3n) is 4.68. The van der Waals surface area contributed by atoms with Crippen molar-refractivity contribution in [3.8, 4) is 0 Å². The maximum absolute atomic E-state index is 12.7. The van der Waals surface area contributed by atoms with E-state index in [1.54, 1.807) is 9.80 Å². The zero-order valence-electron chi connectivity index (χ0n) is 15.0. The van der Waals surface area contributed by atoms with Crippen LogP contribution in [0.25, 0.3) is 0 Å². The van der Waals surface area contributed by atoms with E-state index in [1.165, 1.54) is 0 Å². The van der Waals surface area contributed by atoms with Crippen LogP contribution >= 0.6 is 0 Å². The highest BCUT2D eigenvalue weighted by molar-refractivity contribution is 5.89. The van der Waals surface area contributed by atoms with Crippen molar-refractivity contribution in [3.05, 3.63) is 35.4 Å². The van der Waals surface area contributed by atoms with E-state index in [2.05, 4.69) is 0 Å². The molecule has 5 heteroatoms. The van der Waals surface area contributed by atoms with Gasteiger partial charge < -0.3 is 14.9 Å². The Morgan fingerprint density at radius 2 is 1.96 bits per heavy atom. The zero-order chi connectivity index (χ0) is 17.9. The van der Waals surface area contributed by atoms with Gasteiger partial charge in [0.05, 0.1) is 18.6 Å². The maximum atomic E-state index is 12.7. The summed E-state index contributed by atoms with van der Waals surface area (Å²) in [5.41, 5.74) is 1.94. The van der Waals surface area contributed by atoms with Gasteiger partial charge in [0.2, 0.25) is 11.8 Å². The third-order valence-corrected chi connectivity index (χ3v) is 4.68. The van der Waals surface area contributed by atoms with Crippen molar-refractivity contribution in [2.45, 2.75) is 46.3 Å². The van der Waals surface area contributed by atoms with Crippen LogP contribution in [-0.2, 0) is 9.59 Å². The van der Waals surface area contributed by atoms with Crippen molar-refractivity contribution in [3.63, 3.8) is 0 Å². The molecule has 0 spiro atoms. The number of hydrogen-bond donors (Lipinski definition) is 1. The van der Waals surface area contributed by atoms with Gasteiger partial charge >= 0.3 is 0 Å². The lowest BCUT2D eigenvalue weighted by atomic mass is 10.0. The van der Waals surface area contributed by atoms with Crippen LogP contribution < -0.4 is 0 Å². The van der Waals surface area contributed by atoms with Crippen LogP contribution in [0.2, 0.25) is 0 Å². The molecule has 1 heterocycles. The summed E-state index contributed by atoms with van der Waals surface area (Å²) in [5, 5.41) is 10.4. The van der Waals surface area contributed by atoms with Crippen molar-refractivity contribution in [2.75, 3.05) is 19.6 Å². The summed E-state index contributed by atoms with van der Waals surface area (Å²) in [4.78, 5) is 28.2. The lowest BCUT2D eigenvalue weighted by Crippen LogP contribution is -2.40. The molecule has 1 aliphatic rings. The molecule has 1 fully saturated rings. The van der Waals surface area contributed by atoms with Crippen molar-refractivity contribution in [1.82, 2.24) is 9.80 Å². The van der Waals surface area contributed by atoms with Crippen LogP contribution in [0.4, 0.5) is 0 Å². The molecule has 5 nitrogen and oxygen atoms in total. The molecule has 1 aromatic rings. The van der Waals surface area contributed by atoms with Crippen molar-refractivity contribution >= 4 is 11.8 Å². The van der Waals surface area contributed by atoms with Crippen molar-refractivity contribution in [2.24, 2.45) is 5.92 Å². The monoisotopic (exact) mass is 332 g/mol. The number of aliphatic hydroxyl groups excluding tert-OH is 1. The van der Waals surface area contributed by atoms with Gasteiger partial charge in [-0.15, -0.1) is 0 Å². The molecule has 0 aromatic heterocycles. The van der Waals surface area contributed by atoms with Gasteiger partial charge in [-0.25, -0.2) is 0 Å². The molecular formula is C19H28N2O3. The molecule has 132 valence electrons. The molecule has 2 amide bonds. The van der Waals surface area contributed by atoms with E-state index in [1.807, 2.05) is 52.0 Å². The smallest absolute Gasteiger partial charge is 0.228 e. The summed E-state index contributed by atoms with van der Waals surface area (Å²) in [5.74, 6) is -0.302. The molecule has 0 bridgehead atoms. The normalized spacial score (nSPS) is 19.0. The molecule has 2 unspecified atom stereocenters. The number of amides is 2. The van der Waals surface area contributed by atoms with E-state index in [-0.39, 0.29) is 36.7 Å². The molecule has 1 N–H and O–H groups in total. The van der Waals surface area contributed by atoms with Crippen LogP contribution in [-0.4, -0.2) is 52.4 Å². The molecule has 0 radical (unpaired) electrons. The molecule has 2 rings (SSSR count). The van der Waals surface area contributed by atoms with Crippen LogP contribution in [0.1, 0.15) is 44.4 Å². The first-order chi connectivity index (χ1) is 11.3.